The summed E-state index contributed by atoms with van der Waals surface area (Å²) in [5.74, 6) is 1.84. The molecule has 0 fully saturated rings. The molecule has 2 atom stereocenters. The predicted molar refractivity (Wildman–Crippen MR) is 105 cm³/mol. The second kappa shape index (κ2) is 18.4. The standard InChI is InChI=1S/C20H41.ClH.Mg/c1-5-7-8-9-10-11-12-13-14-15-17-20(4)18-19(3)16-6-2;;/h19-20H,2,5-18H2,1,3-4H3;1H;/q;;+1/p-1. The van der Waals surface area contributed by atoms with Crippen LogP contribution >= 0.6 is 9.07 Å². The zero-order chi connectivity index (χ0) is 16.5. The Bertz CT molecular complexity index is 208. The highest BCUT2D eigenvalue weighted by Gasteiger charge is 2.08. The van der Waals surface area contributed by atoms with Crippen LogP contribution in [0.5, 0.6) is 0 Å². The Morgan fingerprint density at radius 1 is 0.682 bits per heavy atom. The normalized spacial score (nSPS) is 13.8. The fraction of sp³-hybridized carbons (Fsp3) is 1.00. The average molecular weight is 341 g/mol. The third-order valence-corrected chi connectivity index (χ3v) is 6.50. The van der Waals surface area contributed by atoms with Crippen LogP contribution < -0.4 is 0 Å². The predicted octanol–water partition coefficient (Wildman–Crippen LogP) is 8.02. The largest absolute Gasteiger partial charge is 0.501 e. The van der Waals surface area contributed by atoms with Gasteiger partial charge in [-0.3, -0.25) is 0 Å². The molecule has 0 aliphatic heterocycles. The Hall–Kier alpha value is 1.06. The Labute approximate surface area is 155 Å². The summed E-state index contributed by atoms with van der Waals surface area (Å²) < 4.78 is 1.33. The monoisotopic (exact) mass is 340 g/mol. The summed E-state index contributed by atoms with van der Waals surface area (Å²) in [6.45, 7) is 7.19. The molecule has 0 aromatic carbocycles. The molecule has 22 heavy (non-hydrogen) atoms. The van der Waals surface area contributed by atoms with Crippen LogP contribution in [0.1, 0.15) is 111 Å². The lowest BCUT2D eigenvalue weighted by Crippen LogP contribution is -2.03. The maximum Gasteiger partial charge on any atom is 0.501 e. The summed E-state index contributed by atoms with van der Waals surface area (Å²) in [4.78, 5) is 0. The third kappa shape index (κ3) is 17.4. The molecule has 0 aliphatic carbocycles. The van der Waals surface area contributed by atoms with Crippen molar-refractivity contribution in [2.75, 3.05) is 0 Å². The van der Waals surface area contributed by atoms with Gasteiger partial charge in [0.05, 0.1) is 0 Å². The highest BCUT2D eigenvalue weighted by atomic mass is 35.5. The van der Waals surface area contributed by atoms with Crippen LogP contribution in [0.15, 0.2) is 0 Å². The Morgan fingerprint density at radius 2 is 1.14 bits per heavy atom. The lowest BCUT2D eigenvalue weighted by Gasteiger charge is -2.17. The minimum atomic E-state index is -0.214. The molecule has 0 aromatic heterocycles. The maximum atomic E-state index is 5.88. The van der Waals surface area contributed by atoms with Crippen molar-refractivity contribution in [3.05, 3.63) is 0 Å². The summed E-state index contributed by atoms with van der Waals surface area (Å²) in [5.41, 5.74) is 0. The minimum Gasteiger partial charge on any atom is -0.346 e. The van der Waals surface area contributed by atoms with Crippen molar-refractivity contribution < 1.29 is 0 Å². The highest BCUT2D eigenvalue weighted by molar-refractivity contribution is 6.93. The van der Waals surface area contributed by atoms with Gasteiger partial charge in [-0.2, -0.15) is 0 Å². The molecule has 130 valence electrons. The molecule has 0 radical (unpaired) electrons. The SMILES string of the molecule is CCCCCCCCCCCCC(C)CC(C)CC[CH2][Mg][Cl]. The second-order valence-corrected chi connectivity index (χ2v) is 9.82. The third-order valence-electron chi connectivity index (χ3n) is 4.94. The van der Waals surface area contributed by atoms with Gasteiger partial charge in [-0.25, -0.2) is 0 Å². The van der Waals surface area contributed by atoms with Gasteiger partial charge in [-0.05, 0) is 18.3 Å². The molecule has 2 unspecified atom stereocenters. The molecule has 0 rings (SSSR count). The van der Waals surface area contributed by atoms with Gasteiger partial charge in [-0.1, -0.05) is 104 Å². The van der Waals surface area contributed by atoms with Crippen LogP contribution in [0.3, 0.4) is 0 Å². The first-order chi connectivity index (χ1) is 10.7. The van der Waals surface area contributed by atoms with E-state index in [-0.39, 0.29) is 19.3 Å². The van der Waals surface area contributed by atoms with Gasteiger partial charge < -0.3 is 9.07 Å². The van der Waals surface area contributed by atoms with Crippen LogP contribution in [0.25, 0.3) is 0 Å². The van der Waals surface area contributed by atoms with Crippen LogP contribution in [0.2, 0.25) is 4.55 Å². The molecule has 0 bridgehead atoms. The van der Waals surface area contributed by atoms with Gasteiger partial charge in [0, 0.05) is 0 Å². The van der Waals surface area contributed by atoms with Crippen molar-refractivity contribution in [2.24, 2.45) is 11.8 Å². The van der Waals surface area contributed by atoms with Gasteiger partial charge in [0.15, 0.2) is 0 Å². The lowest BCUT2D eigenvalue weighted by atomic mass is 9.90. The topological polar surface area (TPSA) is 0 Å². The fourth-order valence-electron chi connectivity index (χ4n) is 3.49. The van der Waals surface area contributed by atoms with Crippen molar-refractivity contribution in [3.63, 3.8) is 0 Å². The van der Waals surface area contributed by atoms with Crippen molar-refractivity contribution in [2.45, 2.75) is 115 Å². The summed E-state index contributed by atoms with van der Waals surface area (Å²) in [5, 5.41) is 0. The fourth-order valence-corrected chi connectivity index (χ4v) is 4.53. The molecule has 0 saturated heterocycles. The molecule has 0 N–H and O–H groups in total. The van der Waals surface area contributed by atoms with E-state index in [1.54, 1.807) is 0 Å². The molecule has 2 heteroatoms. The Morgan fingerprint density at radius 3 is 1.64 bits per heavy atom. The van der Waals surface area contributed by atoms with E-state index in [1.807, 2.05) is 0 Å². The van der Waals surface area contributed by atoms with Gasteiger partial charge in [0.2, 0.25) is 0 Å². The summed E-state index contributed by atoms with van der Waals surface area (Å²) in [7, 11) is 5.88. The first-order valence-corrected chi connectivity index (χ1v) is 13.4. The smallest absolute Gasteiger partial charge is 0.346 e. The molecular formula is C20H41ClMg. The Kier molecular flexibility index (Phi) is 19.3. The molecule has 0 amide bonds. The van der Waals surface area contributed by atoms with Crippen LogP contribution in [0.4, 0.5) is 0 Å². The molecule has 0 aliphatic rings. The number of unbranched alkanes of at least 4 members (excludes halogenated alkanes) is 9. The zero-order valence-corrected chi connectivity index (χ0v) is 18.0. The van der Waals surface area contributed by atoms with Crippen molar-refractivity contribution in [1.29, 1.82) is 0 Å². The quantitative estimate of drug-likeness (QED) is 0.186. The van der Waals surface area contributed by atoms with Gasteiger partial charge in [-0.15, -0.1) is 4.55 Å². The number of rotatable bonds is 17. The second-order valence-electron chi connectivity index (χ2n) is 7.60. The van der Waals surface area contributed by atoms with Gasteiger partial charge >= 0.3 is 19.3 Å². The van der Waals surface area contributed by atoms with Crippen LogP contribution in [0, 0.1) is 11.8 Å². The molecule has 0 nitrogen and oxygen atoms in total. The average Bonchev–Trinajstić information content (AvgIpc) is 2.49. The number of hydrogen-bond acceptors (Lipinski definition) is 0. The summed E-state index contributed by atoms with van der Waals surface area (Å²) >= 11 is -0.214. The van der Waals surface area contributed by atoms with Crippen molar-refractivity contribution >= 4 is 28.3 Å². The first-order valence-electron chi connectivity index (χ1n) is 10.3. The van der Waals surface area contributed by atoms with E-state index in [9.17, 15) is 0 Å². The van der Waals surface area contributed by atoms with E-state index >= 15 is 0 Å². The zero-order valence-electron chi connectivity index (χ0n) is 15.8. The highest BCUT2D eigenvalue weighted by Crippen LogP contribution is 2.22. The summed E-state index contributed by atoms with van der Waals surface area (Å²) in [6.07, 6.45) is 20.2. The molecular weight excluding hydrogens is 300 g/mol. The number of halogens is 1. The van der Waals surface area contributed by atoms with Crippen molar-refractivity contribution in [3.8, 4) is 0 Å². The van der Waals surface area contributed by atoms with E-state index in [0.29, 0.717) is 0 Å². The molecule has 0 heterocycles. The molecule has 0 saturated carbocycles. The minimum absolute atomic E-state index is 0.214. The van der Waals surface area contributed by atoms with E-state index in [4.69, 9.17) is 9.07 Å². The van der Waals surface area contributed by atoms with Crippen LogP contribution in [-0.2, 0) is 0 Å². The van der Waals surface area contributed by atoms with E-state index < -0.39 is 0 Å². The van der Waals surface area contributed by atoms with Gasteiger partial charge in [0.1, 0.15) is 0 Å². The maximum absolute atomic E-state index is 5.88. The molecule has 0 spiro atoms. The molecule has 0 aromatic rings. The van der Waals surface area contributed by atoms with Crippen LogP contribution in [-0.4, -0.2) is 19.3 Å². The van der Waals surface area contributed by atoms with E-state index in [0.717, 1.165) is 11.8 Å². The number of hydrogen-bond donors (Lipinski definition) is 0. The Balaban J connectivity index is 3.25. The summed E-state index contributed by atoms with van der Waals surface area (Å²) in [6, 6.07) is 0. The lowest BCUT2D eigenvalue weighted by molar-refractivity contribution is 0.364. The van der Waals surface area contributed by atoms with Crippen molar-refractivity contribution in [1.82, 2.24) is 0 Å². The van der Waals surface area contributed by atoms with E-state index in [1.165, 1.54) is 94.4 Å². The van der Waals surface area contributed by atoms with E-state index in [2.05, 4.69) is 20.8 Å². The van der Waals surface area contributed by atoms with Gasteiger partial charge in [0.25, 0.3) is 0 Å². The first kappa shape index (κ1) is 23.1.